The number of fused-ring (bicyclic) bond motifs is 1. The van der Waals surface area contributed by atoms with Gasteiger partial charge in [0.1, 0.15) is 17.9 Å². The van der Waals surface area contributed by atoms with Crippen LogP contribution in [0.2, 0.25) is 0 Å². The summed E-state index contributed by atoms with van der Waals surface area (Å²) in [6, 6.07) is 14.0. The highest BCUT2D eigenvalue weighted by Crippen LogP contribution is 2.30. The van der Waals surface area contributed by atoms with E-state index in [1.807, 2.05) is 31.2 Å². The number of benzene rings is 2. The van der Waals surface area contributed by atoms with Crippen LogP contribution in [0.3, 0.4) is 0 Å². The number of ether oxygens (including phenoxy) is 1. The summed E-state index contributed by atoms with van der Waals surface area (Å²) < 4.78 is 29.7. The highest BCUT2D eigenvalue weighted by atomic mass is 19.3. The lowest BCUT2D eigenvalue weighted by Crippen LogP contribution is -2.12. The lowest BCUT2D eigenvalue weighted by Gasteiger charge is -2.19. The molecule has 2 aromatic carbocycles. The zero-order chi connectivity index (χ0) is 16.2. The topological polar surface area (TPSA) is 47.0 Å². The van der Waals surface area contributed by atoms with Crippen LogP contribution in [0.15, 0.2) is 54.9 Å². The van der Waals surface area contributed by atoms with E-state index >= 15 is 0 Å². The molecule has 1 heterocycles. The van der Waals surface area contributed by atoms with Crippen molar-refractivity contribution in [1.82, 2.24) is 9.97 Å². The molecule has 3 aromatic rings. The van der Waals surface area contributed by atoms with Crippen LogP contribution in [0.25, 0.3) is 10.9 Å². The molecule has 0 bridgehead atoms. The summed E-state index contributed by atoms with van der Waals surface area (Å²) in [5, 5.41) is 4.11. The average molecular weight is 315 g/mol. The number of rotatable bonds is 5. The van der Waals surface area contributed by atoms with Crippen molar-refractivity contribution >= 4 is 16.7 Å². The number of aromatic nitrogens is 2. The Labute approximate surface area is 132 Å². The molecule has 118 valence electrons. The molecule has 1 aromatic heterocycles. The first-order chi connectivity index (χ1) is 11.1. The maximum Gasteiger partial charge on any atom is 0.387 e. The number of hydrogen-bond acceptors (Lipinski definition) is 4. The van der Waals surface area contributed by atoms with Crippen LogP contribution in [-0.4, -0.2) is 16.6 Å². The van der Waals surface area contributed by atoms with E-state index in [0.29, 0.717) is 11.4 Å². The largest absolute Gasteiger partial charge is 0.434 e. The van der Waals surface area contributed by atoms with Crippen molar-refractivity contribution in [3.8, 4) is 5.75 Å². The molecule has 0 amide bonds. The summed E-state index contributed by atoms with van der Waals surface area (Å²) in [6.07, 6.45) is 1.47. The second kappa shape index (κ2) is 6.56. The van der Waals surface area contributed by atoms with Crippen LogP contribution in [0, 0.1) is 0 Å². The Bertz CT molecular complexity index is 805. The van der Waals surface area contributed by atoms with E-state index in [2.05, 4.69) is 20.0 Å². The van der Waals surface area contributed by atoms with Gasteiger partial charge in [-0.25, -0.2) is 9.97 Å². The fourth-order valence-electron chi connectivity index (χ4n) is 2.44. The molecule has 0 aliphatic rings. The zero-order valence-corrected chi connectivity index (χ0v) is 12.4. The first-order valence-corrected chi connectivity index (χ1v) is 7.15. The molecule has 1 atom stereocenters. The number of para-hydroxylation sites is 2. The van der Waals surface area contributed by atoms with Gasteiger partial charge in [0.25, 0.3) is 0 Å². The standard InChI is InChI=1S/C17H15F2N3O/c1-11(12-6-3-5-9-15(12)23-17(18)19)22-16-13-7-2-4-8-14(13)20-10-21-16/h2-11,17H,1H3,(H,20,21,22). The third-order valence-corrected chi connectivity index (χ3v) is 3.50. The summed E-state index contributed by atoms with van der Waals surface area (Å²) in [6.45, 7) is -0.993. The Kier molecular flexibility index (Phi) is 4.32. The minimum Gasteiger partial charge on any atom is -0.434 e. The van der Waals surface area contributed by atoms with Crippen molar-refractivity contribution in [2.75, 3.05) is 5.32 Å². The van der Waals surface area contributed by atoms with Gasteiger partial charge in [0.05, 0.1) is 11.6 Å². The quantitative estimate of drug-likeness (QED) is 0.758. The summed E-state index contributed by atoms with van der Waals surface area (Å²) >= 11 is 0. The van der Waals surface area contributed by atoms with Gasteiger partial charge in [-0.15, -0.1) is 0 Å². The van der Waals surface area contributed by atoms with Gasteiger partial charge < -0.3 is 10.1 Å². The molecular formula is C17H15F2N3O. The van der Waals surface area contributed by atoms with Crippen molar-refractivity contribution < 1.29 is 13.5 Å². The van der Waals surface area contributed by atoms with E-state index in [4.69, 9.17) is 0 Å². The summed E-state index contributed by atoms with van der Waals surface area (Å²) in [7, 11) is 0. The smallest absolute Gasteiger partial charge is 0.387 e. The Morgan fingerprint density at radius 2 is 1.74 bits per heavy atom. The minimum absolute atomic E-state index is 0.154. The normalized spacial score (nSPS) is 12.3. The van der Waals surface area contributed by atoms with Crippen LogP contribution in [0.4, 0.5) is 14.6 Å². The Morgan fingerprint density at radius 3 is 2.57 bits per heavy atom. The molecule has 23 heavy (non-hydrogen) atoms. The van der Waals surface area contributed by atoms with E-state index in [-0.39, 0.29) is 11.8 Å². The van der Waals surface area contributed by atoms with Crippen molar-refractivity contribution in [2.45, 2.75) is 19.6 Å². The molecule has 4 nitrogen and oxygen atoms in total. The van der Waals surface area contributed by atoms with E-state index in [9.17, 15) is 8.78 Å². The number of nitrogens with one attached hydrogen (secondary N) is 1. The van der Waals surface area contributed by atoms with Gasteiger partial charge in [-0.3, -0.25) is 0 Å². The monoisotopic (exact) mass is 315 g/mol. The summed E-state index contributed by atoms with van der Waals surface area (Å²) in [5.41, 5.74) is 1.45. The predicted molar refractivity (Wildman–Crippen MR) is 84.6 cm³/mol. The molecule has 0 spiro atoms. The highest BCUT2D eigenvalue weighted by molar-refractivity contribution is 5.88. The number of alkyl halides is 2. The van der Waals surface area contributed by atoms with E-state index in [1.54, 1.807) is 18.2 Å². The minimum atomic E-state index is -2.86. The first-order valence-electron chi connectivity index (χ1n) is 7.15. The van der Waals surface area contributed by atoms with Crippen LogP contribution in [0.1, 0.15) is 18.5 Å². The molecule has 6 heteroatoms. The lowest BCUT2D eigenvalue weighted by molar-refractivity contribution is -0.0505. The first kappa shape index (κ1) is 15.1. The number of anilines is 1. The van der Waals surface area contributed by atoms with Gasteiger partial charge in [-0.05, 0) is 25.1 Å². The number of nitrogens with zero attached hydrogens (tertiary/aromatic N) is 2. The van der Waals surface area contributed by atoms with Crippen LogP contribution in [-0.2, 0) is 0 Å². The van der Waals surface area contributed by atoms with Gasteiger partial charge in [0.15, 0.2) is 0 Å². The van der Waals surface area contributed by atoms with Gasteiger partial charge in [0.2, 0.25) is 0 Å². The second-order valence-electron chi connectivity index (χ2n) is 5.02. The summed E-state index contributed by atoms with van der Waals surface area (Å²) in [5.74, 6) is 0.802. The molecule has 0 radical (unpaired) electrons. The fraction of sp³-hybridized carbons (Fsp3) is 0.176. The van der Waals surface area contributed by atoms with Crippen LogP contribution in [0.5, 0.6) is 5.75 Å². The van der Waals surface area contributed by atoms with Gasteiger partial charge >= 0.3 is 6.61 Å². The molecule has 0 saturated carbocycles. The fourth-order valence-corrected chi connectivity index (χ4v) is 2.44. The van der Waals surface area contributed by atoms with Gasteiger partial charge in [-0.1, -0.05) is 30.3 Å². The maximum atomic E-state index is 12.5. The molecule has 0 fully saturated rings. The third kappa shape index (κ3) is 3.36. The molecule has 0 aliphatic carbocycles. The van der Waals surface area contributed by atoms with Crippen molar-refractivity contribution in [3.63, 3.8) is 0 Å². The van der Waals surface area contributed by atoms with Gasteiger partial charge in [-0.2, -0.15) is 8.78 Å². The Hall–Kier alpha value is -2.76. The maximum absolute atomic E-state index is 12.5. The van der Waals surface area contributed by atoms with Crippen molar-refractivity contribution in [1.29, 1.82) is 0 Å². The average Bonchev–Trinajstić information content (AvgIpc) is 2.55. The van der Waals surface area contributed by atoms with E-state index in [0.717, 1.165) is 10.9 Å². The number of hydrogen-bond donors (Lipinski definition) is 1. The van der Waals surface area contributed by atoms with Crippen LogP contribution < -0.4 is 10.1 Å². The second-order valence-corrected chi connectivity index (χ2v) is 5.02. The predicted octanol–water partition coefficient (Wildman–Crippen LogP) is 4.40. The van der Waals surface area contributed by atoms with Crippen LogP contribution >= 0.6 is 0 Å². The SMILES string of the molecule is CC(Nc1ncnc2ccccc12)c1ccccc1OC(F)F. The van der Waals surface area contributed by atoms with Crippen molar-refractivity contribution in [2.24, 2.45) is 0 Å². The molecule has 0 aliphatic heterocycles. The highest BCUT2D eigenvalue weighted by Gasteiger charge is 2.15. The van der Waals surface area contributed by atoms with Gasteiger partial charge in [0, 0.05) is 10.9 Å². The molecule has 1 unspecified atom stereocenters. The molecule has 0 saturated heterocycles. The third-order valence-electron chi connectivity index (χ3n) is 3.50. The Balaban J connectivity index is 1.91. The lowest BCUT2D eigenvalue weighted by atomic mass is 10.1. The Morgan fingerprint density at radius 1 is 1.00 bits per heavy atom. The molecule has 3 rings (SSSR count). The molecule has 1 N–H and O–H groups in total. The number of halogens is 2. The van der Waals surface area contributed by atoms with Crippen molar-refractivity contribution in [3.05, 3.63) is 60.4 Å². The zero-order valence-electron chi connectivity index (χ0n) is 12.4. The summed E-state index contributed by atoms with van der Waals surface area (Å²) in [4.78, 5) is 8.46. The van der Waals surface area contributed by atoms with E-state index < -0.39 is 6.61 Å². The van der Waals surface area contributed by atoms with E-state index in [1.165, 1.54) is 12.4 Å². The molecular weight excluding hydrogens is 300 g/mol.